The Balaban J connectivity index is 1.71. The molecule has 148 valence electrons. The summed E-state index contributed by atoms with van der Waals surface area (Å²) in [5.74, 6) is -0.551. The summed E-state index contributed by atoms with van der Waals surface area (Å²) >= 11 is 0. The van der Waals surface area contributed by atoms with E-state index in [1.165, 1.54) is 0 Å². The van der Waals surface area contributed by atoms with Gasteiger partial charge in [0.25, 0.3) is 5.91 Å². The fourth-order valence-electron chi connectivity index (χ4n) is 3.57. The van der Waals surface area contributed by atoms with E-state index < -0.39 is 5.91 Å². The Morgan fingerprint density at radius 3 is 2.33 bits per heavy atom. The molecule has 5 heteroatoms. The van der Waals surface area contributed by atoms with Crippen molar-refractivity contribution >= 4 is 17.5 Å². The number of nitrogens with two attached hydrogens (primary N) is 1. The molecule has 1 fully saturated rings. The maximum atomic E-state index is 13.4. The van der Waals surface area contributed by atoms with Crippen LogP contribution in [0.25, 0.3) is 11.1 Å². The molecule has 0 radical (unpaired) electrons. The van der Waals surface area contributed by atoms with E-state index in [1.807, 2.05) is 43.3 Å². The van der Waals surface area contributed by atoms with Gasteiger partial charge in [-0.3, -0.25) is 9.59 Å². The standard InChI is InChI=1S/C25H21N3O2/c1-16-5-6-20(14-23(16)18-7-9-19(10-8-18)24(27)29)25(30)28(21-11-12-21)22-4-2-3-17(13-22)15-26/h2-10,13-14,21H,11-12H2,1H3,(H2,27,29). The van der Waals surface area contributed by atoms with Crippen molar-refractivity contribution in [1.82, 2.24) is 0 Å². The van der Waals surface area contributed by atoms with E-state index in [2.05, 4.69) is 6.07 Å². The molecule has 4 rings (SSSR count). The smallest absolute Gasteiger partial charge is 0.258 e. The molecular formula is C25H21N3O2. The molecule has 0 bridgehead atoms. The zero-order valence-electron chi connectivity index (χ0n) is 16.6. The quantitative estimate of drug-likeness (QED) is 0.693. The number of amides is 2. The number of primary amides is 1. The minimum atomic E-state index is -0.470. The summed E-state index contributed by atoms with van der Waals surface area (Å²) in [7, 11) is 0. The van der Waals surface area contributed by atoms with E-state index in [0.29, 0.717) is 16.7 Å². The van der Waals surface area contributed by atoms with Gasteiger partial charge in [0.2, 0.25) is 5.91 Å². The first-order valence-electron chi connectivity index (χ1n) is 9.82. The van der Waals surface area contributed by atoms with Gasteiger partial charge in [0.15, 0.2) is 0 Å². The van der Waals surface area contributed by atoms with E-state index in [-0.39, 0.29) is 11.9 Å². The van der Waals surface area contributed by atoms with Crippen LogP contribution < -0.4 is 10.6 Å². The first-order valence-corrected chi connectivity index (χ1v) is 9.82. The average Bonchev–Trinajstić information content (AvgIpc) is 3.59. The van der Waals surface area contributed by atoms with Crippen LogP contribution in [0.3, 0.4) is 0 Å². The number of aryl methyl sites for hydroxylation is 1. The summed E-state index contributed by atoms with van der Waals surface area (Å²) in [5.41, 5.74) is 10.5. The molecule has 0 atom stereocenters. The predicted molar refractivity (Wildman–Crippen MR) is 116 cm³/mol. The fourth-order valence-corrected chi connectivity index (χ4v) is 3.57. The van der Waals surface area contributed by atoms with Crippen LogP contribution in [0.4, 0.5) is 5.69 Å². The third-order valence-corrected chi connectivity index (χ3v) is 5.35. The zero-order valence-corrected chi connectivity index (χ0v) is 16.6. The van der Waals surface area contributed by atoms with Crippen molar-refractivity contribution in [3.8, 4) is 17.2 Å². The molecule has 0 spiro atoms. The van der Waals surface area contributed by atoms with Gasteiger partial charge in [0.1, 0.15) is 0 Å². The third kappa shape index (κ3) is 3.81. The SMILES string of the molecule is Cc1ccc(C(=O)N(c2cccc(C#N)c2)C2CC2)cc1-c1ccc(C(N)=O)cc1. The summed E-state index contributed by atoms with van der Waals surface area (Å²) in [6.45, 7) is 1.99. The van der Waals surface area contributed by atoms with Gasteiger partial charge in [-0.1, -0.05) is 24.3 Å². The number of hydrogen-bond acceptors (Lipinski definition) is 3. The fraction of sp³-hybridized carbons (Fsp3) is 0.160. The van der Waals surface area contributed by atoms with Crippen molar-refractivity contribution in [2.45, 2.75) is 25.8 Å². The molecule has 3 aromatic rings. The second kappa shape index (κ2) is 7.84. The summed E-state index contributed by atoms with van der Waals surface area (Å²) in [5, 5.41) is 9.22. The Morgan fingerprint density at radius 2 is 1.70 bits per heavy atom. The monoisotopic (exact) mass is 395 g/mol. The maximum Gasteiger partial charge on any atom is 0.258 e. The van der Waals surface area contributed by atoms with Crippen LogP contribution in [-0.2, 0) is 0 Å². The number of hydrogen-bond donors (Lipinski definition) is 1. The molecule has 1 saturated carbocycles. The molecule has 0 aromatic heterocycles. The minimum absolute atomic E-state index is 0.0809. The van der Waals surface area contributed by atoms with Crippen molar-refractivity contribution in [1.29, 1.82) is 5.26 Å². The third-order valence-electron chi connectivity index (χ3n) is 5.35. The zero-order chi connectivity index (χ0) is 21.3. The van der Waals surface area contributed by atoms with E-state index in [4.69, 9.17) is 5.73 Å². The lowest BCUT2D eigenvalue weighted by atomic mass is 9.96. The van der Waals surface area contributed by atoms with Crippen LogP contribution in [0.2, 0.25) is 0 Å². The number of rotatable bonds is 5. The Labute approximate surface area is 175 Å². The molecular weight excluding hydrogens is 374 g/mol. The normalized spacial score (nSPS) is 12.8. The summed E-state index contributed by atoms with van der Waals surface area (Å²) in [6.07, 6.45) is 1.91. The van der Waals surface area contributed by atoms with Crippen molar-refractivity contribution in [2.24, 2.45) is 5.73 Å². The first kappa shape index (κ1) is 19.4. The van der Waals surface area contributed by atoms with E-state index in [1.54, 1.807) is 35.2 Å². The van der Waals surface area contributed by atoms with Gasteiger partial charge in [-0.25, -0.2) is 0 Å². The van der Waals surface area contributed by atoms with Gasteiger partial charge < -0.3 is 10.6 Å². The second-order valence-corrected chi connectivity index (χ2v) is 7.54. The van der Waals surface area contributed by atoms with Crippen molar-refractivity contribution in [2.75, 3.05) is 4.90 Å². The lowest BCUT2D eigenvalue weighted by molar-refractivity contribution is 0.0981. The largest absolute Gasteiger partial charge is 0.366 e. The van der Waals surface area contributed by atoms with Gasteiger partial charge in [-0.05, 0) is 78.9 Å². The van der Waals surface area contributed by atoms with Crippen LogP contribution in [0, 0.1) is 18.3 Å². The van der Waals surface area contributed by atoms with Crippen LogP contribution in [0.5, 0.6) is 0 Å². The number of benzene rings is 3. The molecule has 30 heavy (non-hydrogen) atoms. The van der Waals surface area contributed by atoms with Crippen molar-refractivity contribution < 1.29 is 9.59 Å². The highest BCUT2D eigenvalue weighted by atomic mass is 16.2. The Morgan fingerprint density at radius 1 is 1.00 bits per heavy atom. The van der Waals surface area contributed by atoms with Gasteiger partial charge in [0, 0.05) is 22.9 Å². The van der Waals surface area contributed by atoms with E-state index in [9.17, 15) is 14.9 Å². The molecule has 0 heterocycles. The summed E-state index contributed by atoms with van der Waals surface area (Å²) in [4.78, 5) is 26.6. The van der Waals surface area contributed by atoms with Crippen molar-refractivity contribution in [3.05, 3.63) is 89.0 Å². The van der Waals surface area contributed by atoms with Gasteiger partial charge in [0.05, 0.1) is 11.6 Å². The van der Waals surface area contributed by atoms with E-state index >= 15 is 0 Å². The second-order valence-electron chi connectivity index (χ2n) is 7.54. The first-order chi connectivity index (χ1) is 14.5. The number of nitrogens with zero attached hydrogens (tertiary/aromatic N) is 2. The minimum Gasteiger partial charge on any atom is -0.366 e. The van der Waals surface area contributed by atoms with Gasteiger partial charge in [-0.15, -0.1) is 0 Å². The highest BCUT2D eigenvalue weighted by Crippen LogP contribution is 2.34. The number of anilines is 1. The maximum absolute atomic E-state index is 13.4. The van der Waals surface area contributed by atoms with Crippen LogP contribution in [-0.4, -0.2) is 17.9 Å². The van der Waals surface area contributed by atoms with Gasteiger partial charge in [-0.2, -0.15) is 5.26 Å². The van der Waals surface area contributed by atoms with Gasteiger partial charge >= 0.3 is 0 Å². The molecule has 0 aliphatic heterocycles. The average molecular weight is 395 g/mol. The summed E-state index contributed by atoms with van der Waals surface area (Å²) in [6, 6.07) is 22.2. The van der Waals surface area contributed by atoms with Crippen LogP contribution >= 0.6 is 0 Å². The topological polar surface area (TPSA) is 87.2 Å². The lowest BCUT2D eigenvalue weighted by Gasteiger charge is -2.23. The number of carbonyl (C=O) groups is 2. The molecule has 2 amide bonds. The van der Waals surface area contributed by atoms with Crippen LogP contribution in [0.1, 0.15) is 44.7 Å². The highest BCUT2D eigenvalue weighted by Gasteiger charge is 2.34. The molecule has 5 nitrogen and oxygen atoms in total. The van der Waals surface area contributed by atoms with Crippen LogP contribution in [0.15, 0.2) is 66.7 Å². The highest BCUT2D eigenvalue weighted by molar-refractivity contribution is 6.07. The molecule has 1 aliphatic carbocycles. The molecule has 0 unspecified atom stereocenters. The molecule has 3 aromatic carbocycles. The van der Waals surface area contributed by atoms with Crippen molar-refractivity contribution in [3.63, 3.8) is 0 Å². The lowest BCUT2D eigenvalue weighted by Crippen LogP contribution is -2.33. The van der Waals surface area contributed by atoms with E-state index in [0.717, 1.165) is 35.2 Å². The molecule has 0 saturated heterocycles. The Hall–Kier alpha value is -3.91. The summed E-state index contributed by atoms with van der Waals surface area (Å²) < 4.78 is 0. The Bertz CT molecular complexity index is 1170. The molecule has 1 aliphatic rings. The Kier molecular flexibility index (Phi) is 5.07. The number of carbonyl (C=O) groups excluding carboxylic acids is 2. The molecule has 2 N–H and O–H groups in total. The number of nitriles is 1. The predicted octanol–water partition coefficient (Wildman–Crippen LogP) is 4.44.